The smallest absolute Gasteiger partial charge is 0.246 e. The first-order valence-corrected chi connectivity index (χ1v) is 7.45. The highest BCUT2D eigenvalue weighted by atomic mass is 16.5. The molecule has 120 valence electrons. The summed E-state index contributed by atoms with van der Waals surface area (Å²) in [4.78, 5) is 31.5. The second kappa shape index (κ2) is 6.99. The molecule has 0 aliphatic carbocycles. The molecular weight excluding hydrogens is 298 g/mol. The number of carbonyl (C=O) groups is 2. The van der Waals surface area contributed by atoms with Gasteiger partial charge >= 0.3 is 0 Å². The molecule has 2 N–H and O–H groups in total. The van der Waals surface area contributed by atoms with Crippen LogP contribution in [0.25, 0.3) is 0 Å². The second-order valence-corrected chi connectivity index (χ2v) is 5.40. The Labute approximate surface area is 132 Å². The standard InChI is InChI=1S/C15H17N5O3/c21-12(6-10-2-1-4-16-8-10)18-9-14-19-15(20-23-14)11-3-5-17-13(22)7-11/h1-2,4,8,11H,3,5-7,9H2,(H,17,22)(H,18,21). The predicted molar refractivity (Wildman–Crippen MR) is 79.1 cm³/mol. The van der Waals surface area contributed by atoms with E-state index < -0.39 is 0 Å². The molecule has 2 aromatic rings. The topological polar surface area (TPSA) is 110 Å². The van der Waals surface area contributed by atoms with Crippen LogP contribution >= 0.6 is 0 Å². The first kappa shape index (κ1) is 15.1. The van der Waals surface area contributed by atoms with E-state index in [1.54, 1.807) is 18.5 Å². The van der Waals surface area contributed by atoms with Gasteiger partial charge in [0.05, 0.1) is 13.0 Å². The summed E-state index contributed by atoms with van der Waals surface area (Å²) >= 11 is 0. The normalized spacial score (nSPS) is 17.6. The highest BCUT2D eigenvalue weighted by Gasteiger charge is 2.25. The highest BCUT2D eigenvalue weighted by molar-refractivity contribution is 5.78. The van der Waals surface area contributed by atoms with Crippen molar-refractivity contribution in [3.05, 3.63) is 41.8 Å². The number of aromatic nitrogens is 3. The van der Waals surface area contributed by atoms with Crippen LogP contribution in [0.4, 0.5) is 0 Å². The molecule has 3 rings (SSSR count). The summed E-state index contributed by atoms with van der Waals surface area (Å²) in [6, 6.07) is 3.62. The van der Waals surface area contributed by atoms with Crippen molar-refractivity contribution in [2.45, 2.75) is 31.7 Å². The van der Waals surface area contributed by atoms with Crippen LogP contribution in [0.3, 0.4) is 0 Å². The lowest BCUT2D eigenvalue weighted by molar-refractivity contribution is -0.123. The zero-order valence-corrected chi connectivity index (χ0v) is 12.5. The molecule has 23 heavy (non-hydrogen) atoms. The van der Waals surface area contributed by atoms with E-state index in [-0.39, 0.29) is 30.7 Å². The number of nitrogens with one attached hydrogen (secondary N) is 2. The van der Waals surface area contributed by atoms with E-state index in [2.05, 4.69) is 25.8 Å². The summed E-state index contributed by atoms with van der Waals surface area (Å²) < 4.78 is 5.13. The summed E-state index contributed by atoms with van der Waals surface area (Å²) in [5.41, 5.74) is 0.837. The van der Waals surface area contributed by atoms with Crippen LogP contribution in [-0.2, 0) is 22.6 Å². The summed E-state index contributed by atoms with van der Waals surface area (Å²) in [6.45, 7) is 0.792. The van der Waals surface area contributed by atoms with E-state index >= 15 is 0 Å². The quantitative estimate of drug-likeness (QED) is 0.822. The molecule has 1 aliphatic rings. The molecule has 8 nitrogen and oxygen atoms in total. The van der Waals surface area contributed by atoms with Crippen LogP contribution in [0.15, 0.2) is 29.0 Å². The van der Waals surface area contributed by atoms with E-state index in [0.717, 1.165) is 12.0 Å². The van der Waals surface area contributed by atoms with Gasteiger partial charge in [-0.25, -0.2) is 0 Å². The van der Waals surface area contributed by atoms with Gasteiger partial charge < -0.3 is 15.2 Å². The van der Waals surface area contributed by atoms with Gasteiger partial charge in [-0.05, 0) is 18.1 Å². The Balaban J connectivity index is 1.51. The van der Waals surface area contributed by atoms with Crippen molar-refractivity contribution in [2.75, 3.05) is 6.54 Å². The van der Waals surface area contributed by atoms with Gasteiger partial charge in [-0.15, -0.1) is 0 Å². The molecule has 0 aromatic carbocycles. The minimum absolute atomic E-state index is 0.00243. The summed E-state index contributed by atoms with van der Waals surface area (Å²) in [6.07, 6.45) is 4.72. The maximum atomic E-state index is 11.9. The fourth-order valence-corrected chi connectivity index (χ4v) is 2.43. The van der Waals surface area contributed by atoms with Gasteiger partial charge in [0.25, 0.3) is 0 Å². The first-order valence-electron chi connectivity index (χ1n) is 7.45. The number of hydrogen-bond acceptors (Lipinski definition) is 6. The molecule has 0 saturated carbocycles. The van der Waals surface area contributed by atoms with Crippen molar-refractivity contribution >= 4 is 11.8 Å². The number of nitrogens with zero attached hydrogens (tertiary/aromatic N) is 3. The van der Waals surface area contributed by atoms with Crippen LogP contribution in [0, 0.1) is 0 Å². The molecule has 2 aromatic heterocycles. The molecule has 1 aliphatic heterocycles. The Bertz CT molecular complexity index is 685. The number of hydrogen-bond donors (Lipinski definition) is 2. The number of pyridine rings is 1. The third kappa shape index (κ3) is 4.12. The summed E-state index contributed by atoms with van der Waals surface area (Å²) in [5, 5.41) is 9.40. The van der Waals surface area contributed by atoms with Crippen LogP contribution < -0.4 is 10.6 Å². The predicted octanol–water partition coefficient (Wildman–Crippen LogP) is 0.317. The number of rotatable bonds is 5. The maximum absolute atomic E-state index is 11.9. The second-order valence-electron chi connectivity index (χ2n) is 5.40. The Hall–Kier alpha value is -2.77. The summed E-state index contributed by atoms with van der Waals surface area (Å²) in [7, 11) is 0. The lowest BCUT2D eigenvalue weighted by atomic mass is 9.97. The van der Waals surface area contributed by atoms with E-state index in [9.17, 15) is 9.59 Å². The third-order valence-electron chi connectivity index (χ3n) is 3.62. The van der Waals surface area contributed by atoms with E-state index in [1.165, 1.54) is 0 Å². The average molecular weight is 315 g/mol. The Morgan fingerprint density at radius 3 is 3.17 bits per heavy atom. The van der Waals surface area contributed by atoms with Crippen molar-refractivity contribution in [3.8, 4) is 0 Å². The van der Waals surface area contributed by atoms with Crippen LogP contribution in [0.5, 0.6) is 0 Å². The number of amides is 2. The fourth-order valence-electron chi connectivity index (χ4n) is 2.43. The third-order valence-corrected chi connectivity index (χ3v) is 3.62. The van der Waals surface area contributed by atoms with E-state index in [4.69, 9.17) is 4.52 Å². The molecule has 3 heterocycles. The molecule has 0 spiro atoms. The highest BCUT2D eigenvalue weighted by Crippen LogP contribution is 2.22. The molecule has 1 fully saturated rings. The molecule has 8 heteroatoms. The first-order chi connectivity index (χ1) is 11.2. The van der Waals surface area contributed by atoms with Gasteiger partial charge in [0.15, 0.2) is 5.82 Å². The van der Waals surface area contributed by atoms with E-state index in [0.29, 0.717) is 24.7 Å². The van der Waals surface area contributed by atoms with Crippen molar-refractivity contribution in [1.82, 2.24) is 25.8 Å². The SMILES string of the molecule is O=C(Cc1cccnc1)NCc1nc(C2CCNC(=O)C2)no1. The molecule has 1 atom stereocenters. The largest absolute Gasteiger partial charge is 0.356 e. The van der Waals surface area contributed by atoms with E-state index in [1.807, 2.05) is 6.07 Å². The average Bonchev–Trinajstić information content (AvgIpc) is 3.03. The molecular formula is C15H17N5O3. The van der Waals surface area contributed by atoms with Crippen molar-refractivity contribution < 1.29 is 14.1 Å². The van der Waals surface area contributed by atoms with Gasteiger partial charge in [-0.3, -0.25) is 14.6 Å². The lowest BCUT2D eigenvalue weighted by Crippen LogP contribution is -2.32. The van der Waals surface area contributed by atoms with Gasteiger partial charge in [0.1, 0.15) is 0 Å². The Morgan fingerprint density at radius 1 is 1.48 bits per heavy atom. The Morgan fingerprint density at radius 2 is 2.39 bits per heavy atom. The van der Waals surface area contributed by atoms with Crippen LogP contribution in [0.1, 0.15) is 36.0 Å². The van der Waals surface area contributed by atoms with Crippen molar-refractivity contribution in [1.29, 1.82) is 0 Å². The molecule has 0 bridgehead atoms. The van der Waals surface area contributed by atoms with Gasteiger partial charge in [-0.1, -0.05) is 11.2 Å². The minimum Gasteiger partial charge on any atom is -0.356 e. The van der Waals surface area contributed by atoms with Crippen LogP contribution in [0.2, 0.25) is 0 Å². The maximum Gasteiger partial charge on any atom is 0.246 e. The monoisotopic (exact) mass is 315 g/mol. The van der Waals surface area contributed by atoms with Crippen LogP contribution in [-0.4, -0.2) is 33.5 Å². The van der Waals surface area contributed by atoms with Gasteiger partial charge in [0, 0.05) is 31.3 Å². The zero-order chi connectivity index (χ0) is 16.1. The summed E-state index contributed by atoms with van der Waals surface area (Å²) in [5.74, 6) is 0.696. The van der Waals surface area contributed by atoms with Gasteiger partial charge in [0.2, 0.25) is 17.7 Å². The number of carbonyl (C=O) groups excluding carboxylic acids is 2. The molecule has 1 saturated heterocycles. The number of piperidine rings is 1. The van der Waals surface area contributed by atoms with Crippen molar-refractivity contribution in [3.63, 3.8) is 0 Å². The van der Waals surface area contributed by atoms with Gasteiger partial charge in [-0.2, -0.15) is 4.98 Å². The van der Waals surface area contributed by atoms with Crippen molar-refractivity contribution in [2.24, 2.45) is 0 Å². The minimum atomic E-state index is -0.144. The molecule has 0 radical (unpaired) electrons. The molecule has 2 amide bonds. The zero-order valence-electron chi connectivity index (χ0n) is 12.5. The fraction of sp³-hybridized carbons (Fsp3) is 0.400. The lowest BCUT2D eigenvalue weighted by Gasteiger charge is -2.18. The Kier molecular flexibility index (Phi) is 4.60. The molecule has 1 unspecified atom stereocenters.